The van der Waals surface area contributed by atoms with E-state index in [1.807, 2.05) is 10.6 Å². The van der Waals surface area contributed by atoms with Gasteiger partial charge in [0, 0.05) is 6.54 Å². The van der Waals surface area contributed by atoms with E-state index in [2.05, 4.69) is 20.9 Å². The van der Waals surface area contributed by atoms with E-state index in [1.165, 1.54) is 0 Å². The molecule has 0 radical (unpaired) electrons. The molecule has 0 bridgehead atoms. The van der Waals surface area contributed by atoms with Gasteiger partial charge < -0.3 is 14.1 Å². The Morgan fingerprint density at radius 1 is 1.61 bits per heavy atom. The Balaban J connectivity index is 2.16. The lowest BCUT2D eigenvalue weighted by Crippen LogP contribution is -2.22. The molecule has 0 amide bonds. The van der Waals surface area contributed by atoms with Gasteiger partial charge in [-0.15, -0.1) is 0 Å². The standard InChI is InChI=1S/C12H11BrN2O3/c13-10-9-7(12(16)17)3-1-5-15(9)11(14-10)8-4-2-6-18-8/h2,4,6-7H,1,3,5H2,(H,16,17). The number of nitrogens with zero attached hydrogens (tertiary/aromatic N) is 2. The summed E-state index contributed by atoms with van der Waals surface area (Å²) in [4.78, 5) is 15.7. The molecule has 5 nitrogen and oxygen atoms in total. The third kappa shape index (κ3) is 1.68. The predicted octanol–water partition coefficient (Wildman–Crippen LogP) is 2.87. The number of furan rings is 1. The summed E-state index contributed by atoms with van der Waals surface area (Å²) in [5, 5.41) is 9.26. The van der Waals surface area contributed by atoms with Gasteiger partial charge in [0.05, 0.1) is 17.9 Å². The lowest BCUT2D eigenvalue weighted by Gasteiger charge is -2.22. The minimum absolute atomic E-state index is 0.496. The number of carboxylic acids is 1. The second kappa shape index (κ2) is 4.28. The van der Waals surface area contributed by atoms with Gasteiger partial charge in [-0.05, 0) is 40.9 Å². The SMILES string of the molecule is O=C(O)C1CCCn2c(-c3ccco3)nc(Br)c21. The van der Waals surface area contributed by atoms with Gasteiger partial charge in [-0.3, -0.25) is 4.79 Å². The number of rotatable bonds is 2. The zero-order valence-electron chi connectivity index (χ0n) is 9.47. The maximum absolute atomic E-state index is 11.3. The molecule has 0 spiro atoms. The van der Waals surface area contributed by atoms with Crippen LogP contribution >= 0.6 is 15.9 Å². The lowest BCUT2D eigenvalue weighted by molar-refractivity contribution is -0.139. The molecule has 3 heterocycles. The first kappa shape index (κ1) is 11.5. The zero-order chi connectivity index (χ0) is 12.7. The summed E-state index contributed by atoms with van der Waals surface area (Å²) in [6.45, 7) is 0.772. The molecule has 1 unspecified atom stereocenters. The van der Waals surface area contributed by atoms with Gasteiger partial charge in [0.15, 0.2) is 11.6 Å². The highest BCUT2D eigenvalue weighted by Crippen LogP contribution is 2.37. The van der Waals surface area contributed by atoms with E-state index in [4.69, 9.17) is 4.42 Å². The fourth-order valence-electron chi connectivity index (χ4n) is 2.42. The number of aromatic nitrogens is 2. The average Bonchev–Trinajstić information content (AvgIpc) is 2.97. The summed E-state index contributed by atoms with van der Waals surface area (Å²) in [5.41, 5.74) is 0.736. The second-order valence-electron chi connectivity index (χ2n) is 4.27. The Morgan fingerprint density at radius 2 is 2.44 bits per heavy atom. The quantitative estimate of drug-likeness (QED) is 0.926. The Hall–Kier alpha value is -1.56. The number of carbonyl (C=O) groups is 1. The van der Waals surface area contributed by atoms with Crippen LogP contribution in [0.4, 0.5) is 0 Å². The lowest BCUT2D eigenvalue weighted by atomic mass is 9.96. The number of aliphatic carboxylic acids is 1. The van der Waals surface area contributed by atoms with Gasteiger partial charge in [0.2, 0.25) is 0 Å². The van der Waals surface area contributed by atoms with Crippen molar-refractivity contribution in [1.82, 2.24) is 9.55 Å². The van der Waals surface area contributed by atoms with Crippen molar-refractivity contribution in [3.63, 3.8) is 0 Å². The second-order valence-corrected chi connectivity index (χ2v) is 5.02. The van der Waals surface area contributed by atoms with Crippen LogP contribution in [0.3, 0.4) is 0 Å². The Kier molecular flexibility index (Phi) is 2.74. The van der Waals surface area contributed by atoms with E-state index in [9.17, 15) is 9.90 Å². The summed E-state index contributed by atoms with van der Waals surface area (Å²) >= 11 is 3.36. The molecule has 3 rings (SSSR count). The molecule has 18 heavy (non-hydrogen) atoms. The van der Waals surface area contributed by atoms with E-state index in [0.717, 1.165) is 18.7 Å². The molecule has 0 saturated heterocycles. The topological polar surface area (TPSA) is 68.3 Å². The first-order valence-electron chi connectivity index (χ1n) is 5.71. The minimum atomic E-state index is -0.803. The molecule has 6 heteroatoms. The van der Waals surface area contributed by atoms with Gasteiger partial charge in [-0.2, -0.15) is 0 Å². The van der Waals surface area contributed by atoms with Gasteiger partial charge in [-0.1, -0.05) is 0 Å². The number of halogens is 1. The van der Waals surface area contributed by atoms with Crippen molar-refractivity contribution < 1.29 is 14.3 Å². The maximum atomic E-state index is 11.3. The summed E-state index contributed by atoms with van der Waals surface area (Å²) in [7, 11) is 0. The Morgan fingerprint density at radius 3 is 3.11 bits per heavy atom. The summed E-state index contributed by atoms with van der Waals surface area (Å²) in [5.74, 6) is 0.0488. The molecule has 0 aliphatic carbocycles. The minimum Gasteiger partial charge on any atom is -0.481 e. The van der Waals surface area contributed by atoms with Crippen molar-refractivity contribution in [3.8, 4) is 11.6 Å². The Bertz CT molecular complexity index is 589. The number of fused-ring (bicyclic) bond motifs is 1. The normalized spacial score (nSPS) is 18.6. The van der Waals surface area contributed by atoms with Crippen molar-refractivity contribution in [2.75, 3.05) is 0 Å². The molecule has 2 aromatic rings. The fourth-order valence-corrected chi connectivity index (χ4v) is 3.08. The molecule has 1 N–H and O–H groups in total. The van der Waals surface area contributed by atoms with Crippen LogP contribution in [0.5, 0.6) is 0 Å². The number of hydrogen-bond acceptors (Lipinski definition) is 3. The molecule has 0 saturated carbocycles. The van der Waals surface area contributed by atoms with Gasteiger partial charge >= 0.3 is 5.97 Å². The highest BCUT2D eigenvalue weighted by Gasteiger charge is 2.32. The van der Waals surface area contributed by atoms with E-state index in [0.29, 0.717) is 22.6 Å². The van der Waals surface area contributed by atoms with E-state index in [-0.39, 0.29) is 0 Å². The molecule has 1 atom stereocenters. The van der Waals surface area contributed by atoms with Crippen molar-refractivity contribution in [2.24, 2.45) is 0 Å². The third-order valence-corrected chi connectivity index (χ3v) is 3.79. The molecular weight excluding hydrogens is 300 g/mol. The fraction of sp³-hybridized carbons (Fsp3) is 0.333. The number of carboxylic acid groups (broad SMARTS) is 1. The molecule has 0 aromatic carbocycles. The first-order valence-corrected chi connectivity index (χ1v) is 6.50. The first-order chi connectivity index (χ1) is 8.68. The largest absolute Gasteiger partial charge is 0.481 e. The highest BCUT2D eigenvalue weighted by atomic mass is 79.9. The van der Waals surface area contributed by atoms with Gasteiger partial charge in [-0.25, -0.2) is 4.98 Å². The van der Waals surface area contributed by atoms with Crippen molar-refractivity contribution in [3.05, 3.63) is 28.7 Å². The maximum Gasteiger partial charge on any atom is 0.312 e. The van der Waals surface area contributed by atoms with Crippen LogP contribution < -0.4 is 0 Å². The predicted molar refractivity (Wildman–Crippen MR) is 67.2 cm³/mol. The van der Waals surface area contributed by atoms with E-state index in [1.54, 1.807) is 12.3 Å². The van der Waals surface area contributed by atoms with Gasteiger partial charge in [0.1, 0.15) is 4.60 Å². The molecule has 94 valence electrons. The van der Waals surface area contributed by atoms with Crippen LogP contribution in [0.1, 0.15) is 24.5 Å². The van der Waals surface area contributed by atoms with E-state index < -0.39 is 11.9 Å². The molecule has 1 aliphatic heterocycles. The average molecular weight is 311 g/mol. The van der Waals surface area contributed by atoms with E-state index >= 15 is 0 Å². The zero-order valence-corrected chi connectivity index (χ0v) is 11.1. The molecule has 2 aromatic heterocycles. The molecular formula is C12H11BrN2O3. The van der Waals surface area contributed by atoms with Crippen molar-refractivity contribution in [1.29, 1.82) is 0 Å². The molecule has 0 fully saturated rings. The smallest absolute Gasteiger partial charge is 0.312 e. The van der Waals surface area contributed by atoms with Crippen molar-refractivity contribution >= 4 is 21.9 Å². The summed E-state index contributed by atoms with van der Waals surface area (Å²) < 4.78 is 7.88. The number of hydrogen-bond donors (Lipinski definition) is 1. The number of imidazole rings is 1. The van der Waals surface area contributed by atoms with Crippen molar-refractivity contribution in [2.45, 2.75) is 25.3 Å². The third-order valence-electron chi connectivity index (χ3n) is 3.21. The summed E-state index contributed by atoms with van der Waals surface area (Å²) in [6, 6.07) is 3.62. The monoisotopic (exact) mass is 310 g/mol. The van der Waals surface area contributed by atoms with Crippen LogP contribution in [0.2, 0.25) is 0 Å². The van der Waals surface area contributed by atoms with Crippen LogP contribution in [0.15, 0.2) is 27.4 Å². The van der Waals surface area contributed by atoms with Gasteiger partial charge in [0.25, 0.3) is 0 Å². The Labute approximate surface area is 112 Å². The van der Waals surface area contributed by atoms with Crippen LogP contribution in [-0.2, 0) is 11.3 Å². The van der Waals surface area contributed by atoms with Crippen LogP contribution in [-0.4, -0.2) is 20.6 Å². The van der Waals surface area contributed by atoms with Crippen LogP contribution in [0, 0.1) is 0 Å². The highest BCUT2D eigenvalue weighted by molar-refractivity contribution is 9.10. The summed E-state index contributed by atoms with van der Waals surface area (Å²) in [6.07, 6.45) is 3.07. The van der Waals surface area contributed by atoms with Crippen LogP contribution in [0.25, 0.3) is 11.6 Å². The molecule has 1 aliphatic rings.